The Morgan fingerprint density at radius 2 is 1.19 bits per heavy atom. The highest BCUT2D eigenvalue weighted by Gasteiger charge is 2.76. The first-order valence-electron chi connectivity index (χ1n) is 6.23. The minimum atomic E-state index is -3.48. The van der Waals surface area contributed by atoms with Crippen LogP contribution in [-0.4, -0.2) is 71.1 Å². The van der Waals surface area contributed by atoms with Crippen LogP contribution in [0.4, 0.5) is 4.79 Å². The molecule has 9 nitrogen and oxygen atoms in total. The van der Waals surface area contributed by atoms with E-state index in [1.54, 1.807) is 6.92 Å². The van der Waals surface area contributed by atoms with Crippen molar-refractivity contribution in [2.24, 2.45) is 5.73 Å². The van der Waals surface area contributed by atoms with Gasteiger partial charge in [0, 0.05) is 42.7 Å². The summed E-state index contributed by atoms with van der Waals surface area (Å²) in [5.41, 5.74) is 5.34. The lowest BCUT2D eigenvalue weighted by Gasteiger charge is -2.48. The van der Waals surface area contributed by atoms with Gasteiger partial charge in [0.05, 0.1) is 0 Å². The molecule has 0 aromatic rings. The quantitative estimate of drug-likeness (QED) is 0.522. The van der Waals surface area contributed by atoms with Crippen LogP contribution in [0.1, 0.15) is 13.3 Å². The molecule has 21 heavy (non-hydrogen) atoms. The molecule has 0 atom stereocenters. The Morgan fingerprint density at radius 1 is 0.905 bits per heavy atom. The van der Waals surface area contributed by atoms with E-state index in [1.807, 2.05) is 0 Å². The summed E-state index contributed by atoms with van der Waals surface area (Å²) in [5.74, 6) is 0. The Balaban J connectivity index is 6.39. The normalized spacial score (nSPS) is 13.3. The van der Waals surface area contributed by atoms with Crippen LogP contribution in [-0.2, 0) is 26.6 Å². The van der Waals surface area contributed by atoms with E-state index >= 15 is 0 Å². The summed E-state index contributed by atoms with van der Waals surface area (Å²) < 4.78 is 33.1. The number of hydrogen-bond acceptors (Lipinski definition) is 7. The lowest BCUT2D eigenvalue weighted by Crippen LogP contribution is -2.85. The molecular formula is C10H26N2O7Si2. The van der Waals surface area contributed by atoms with Gasteiger partial charge in [-0.2, -0.15) is 0 Å². The lowest BCUT2D eigenvalue weighted by atomic mass is 10.4. The maximum absolute atomic E-state index is 11.6. The van der Waals surface area contributed by atoms with Gasteiger partial charge < -0.3 is 37.6 Å². The third-order valence-corrected chi connectivity index (χ3v) is 11.6. The minimum absolute atomic E-state index is 0.305. The topological polar surface area (TPSA) is 111 Å². The van der Waals surface area contributed by atoms with Crippen molar-refractivity contribution in [3.63, 3.8) is 0 Å². The molecule has 11 heteroatoms. The summed E-state index contributed by atoms with van der Waals surface area (Å²) >= 11 is 0. The van der Waals surface area contributed by atoms with E-state index < -0.39 is 28.4 Å². The predicted molar refractivity (Wildman–Crippen MR) is 79.3 cm³/mol. The van der Waals surface area contributed by atoms with Crippen molar-refractivity contribution in [2.75, 3.05) is 42.7 Å². The molecule has 0 aromatic carbocycles. The highest BCUT2D eigenvalue weighted by atomic mass is 28.5. The van der Waals surface area contributed by atoms with Gasteiger partial charge in [0.1, 0.15) is 0 Å². The number of rotatable bonds is 10. The molecule has 0 saturated heterocycles. The number of primary amides is 1. The summed E-state index contributed by atoms with van der Waals surface area (Å²) in [5, 5.41) is 2.64. The number of urea groups is 1. The zero-order valence-electron chi connectivity index (χ0n) is 13.6. The SMILES string of the molecule is CCC(NC(N)=O)([Si](OC)(OC)OC)[Si](OC)(OC)OC. The van der Waals surface area contributed by atoms with Gasteiger partial charge in [-0.05, 0) is 6.42 Å². The lowest BCUT2D eigenvalue weighted by molar-refractivity contribution is 0.0484. The number of amides is 2. The van der Waals surface area contributed by atoms with Crippen LogP contribution in [0.15, 0.2) is 0 Å². The monoisotopic (exact) mass is 342 g/mol. The molecule has 126 valence electrons. The molecule has 0 unspecified atom stereocenters. The van der Waals surface area contributed by atoms with Gasteiger partial charge in [-0.25, -0.2) is 4.79 Å². The third kappa shape index (κ3) is 3.14. The molecule has 0 fully saturated rings. The molecule has 0 aromatic heterocycles. The van der Waals surface area contributed by atoms with Crippen molar-refractivity contribution in [1.82, 2.24) is 5.32 Å². The number of carbonyl (C=O) groups excluding carboxylic acids is 1. The van der Waals surface area contributed by atoms with Crippen molar-refractivity contribution in [3.05, 3.63) is 0 Å². The van der Waals surface area contributed by atoms with Gasteiger partial charge in [-0.1, -0.05) is 6.92 Å². The summed E-state index contributed by atoms with van der Waals surface area (Å²) in [6, 6.07) is -0.789. The van der Waals surface area contributed by atoms with Crippen LogP contribution >= 0.6 is 0 Å². The van der Waals surface area contributed by atoms with E-state index in [4.69, 9.17) is 32.3 Å². The summed E-state index contributed by atoms with van der Waals surface area (Å²) in [6.45, 7) is 1.80. The molecular weight excluding hydrogens is 316 g/mol. The first-order valence-corrected chi connectivity index (χ1v) is 9.68. The van der Waals surface area contributed by atoms with Crippen molar-refractivity contribution in [1.29, 1.82) is 0 Å². The number of nitrogens with one attached hydrogen (secondary N) is 1. The average Bonchev–Trinajstić information content (AvgIpc) is 2.50. The van der Waals surface area contributed by atoms with Crippen LogP contribution < -0.4 is 11.1 Å². The fourth-order valence-electron chi connectivity index (χ4n) is 2.62. The second-order valence-electron chi connectivity index (χ2n) is 4.09. The fourth-order valence-corrected chi connectivity index (χ4v) is 10.5. The largest absolute Gasteiger partial charge is 0.531 e. The first-order chi connectivity index (χ1) is 9.84. The highest BCUT2D eigenvalue weighted by Crippen LogP contribution is 2.36. The minimum Gasteiger partial charge on any atom is -0.375 e. The maximum atomic E-state index is 11.6. The van der Waals surface area contributed by atoms with Crippen molar-refractivity contribution in [3.8, 4) is 0 Å². The predicted octanol–water partition coefficient (Wildman–Crippen LogP) is -0.362. The third-order valence-electron chi connectivity index (χ3n) is 3.52. The van der Waals surface area contributed by atoms with Gasteiger partial charge in [0.15, 0.2) is 4.79 Å². The van der Waals surface area contributed by atoms with Crippen molar-refractivity contribution >= 4 is 23.6 Å². The number of hydrogen-bond donors (Lipinski definition) is 2. The molecule has 0 saturated carbocycles. The van der Waals surface area contributed by atoms with Gasteiger partial charge in [0.25, 0.3) is 0 Å². The van der Waals surface area contributed by atoms with Crippen LogP contribution in [0.25, 0.3) is 0 Å². The highest BCUT2D eigenvalue weighted by molar-refractivity contribution is 6.85. The molecule has 0 aliphatic carbocycles. The van der Waals surface area contributed by atoms with Crippen molar-refractivity contribution < 1.29 is 31.4 Å². The van der Waals surface area contributed by atoms with E-state index in [0.29, 0.717) is 6.42 Å². The Labute approximate surface area is 127 Å². The molecule has 0 rings (SSSR count). The van der Waals surface area contributed by atoms with E-state index in [9.17, 15) is 4.79 Å². The molecule has 3 N–H and O–H groups in total. The van der Waals surface area contributed by atoms with Gasteiger partial charge in [-0.3, -0.25) is 0 Å². The van der Waals surface area contributed by atoms with E-state index in [-0.39, 0.29) is 0 Å². The first kappa shape index (κ1) is 20.5. The van der Waals surface area contributed by atoms with Crippen LogP contribution in [0, 0.1) is 0 Å². The standard InChI is InChI=1S/C10H26N2O7Si2/c1-8-10(12-9(11)13,20(14-2,15-3)16-4)21(17-5,18-6)19-7/h8H2,1-7H3,(H3,11,12,13). The van der Waals surface area contributed by atoms with E-state index in [2.05, 4.69) is 5.32 Å². The Morgan fingerprint density at radius 3 is 1.33 bits per heavy atom. The molecule has 0 spiro atoms. The Hall–Kier alpha value is -0.536. The molecule has 0 bridgehead atoms. The Bertz CT molecular complexity index is 301. The average molecular weight is 342 g/mol. The number of carbonyl (C=O) groups is 1. The molecule has 0 heterocycles. The van der Waals surface area contributed by atoms with Gasteiger partial charge in [-0.15, -0.1) is 0 Å². The second kappa shape index (κ2) is 8.19. The fraction of sp³-hybridized carbons (Fsp3) is 0.900. The zero-order chi connectivity index (χ0) is 16.7. The molecule has 0 radical (unpaired) electrons. The molecule has 0 aliphatic rings. The molecule has 0 aliphatic heterocycles. The van der Waals surface area contributed by atoms with Crippen molar-refractivity contribution in [2.45, 2.75) is 18.1 Å². The van der Waals surface area contributed by atoms with E-state index in [1.165, 1.54) is 42.7 Å². The summed E-state index contributed by atoms with van der Waals surface area (Å²) in [6.07, 6.45) is 0.305. The van der Waals surface area contributed by atoms with Crippen LogP contribution in [0.3, 0.4) is 0 Å². The zero-order valence-corrected chi connectivity index (χ0v) is 15.6. The smallest absolute Gasteiger partial charge is 0.375 e. The van der Waals surface area contributed by atoms with Crippen LogP contribution in [0.2, 0.25) is 0 Å². The maximum Gasteiger partial charge on any atom is 0.531 e. The van der Waals surface area contributed by atoms with Crippen LogP contribution in [0.5, 0.6) is 0 Å². The Kier molecular flexibility index (Phi) is 7.98. The van der Waals surface area contributed by atoms with Gasteiger partial charge in [0.2, 0.25) is 0 Å². The van der Waals surface area contributed by atoms with Gasteiger partial charge >= 0.3 is 23.6 Å². The second-order valence-corrected chi connectivity index (χ2v) is 11.0. The summed E-state index contributed by atoms with van der Waals surface area (Å²) in [7, 11) is 1.57. The molecule has 2 amide bonds. The van der Waals surface area contributed by atoms with E-state index in [0.717, 1.165) is 0 Å². The number of nitrogens with two attached hydrogens (primary N) is 1. The summed E-state index contributed by atoms with van der Waals surface area (Å²) in [4.78, 5) is 10.3.